The highest BCUT2D eigenvalue weighted by atomic mass is 16.3. The molecule has 2 rings (SSSR count). The van der Waals surface area contributed by atoms with Gasteiger partial charge in [0.05, 0.1) is 5.56 Å². The summed E-state index contributed by atoms with van der Waals surface area (Å²) in [6, 6.07) is 12.6. The Kier molecular flexibility index (Phi) is 3.67. The Labute approximate surface area is 120 Å². The van der Waals surface area contributed by atoms with Gasteiger partial charge in [-0.25, -0.2) is 0 Å². The van der Waals surface area contributed by atoms with Crippen molar-refractivity contribution in [2.24, 2.45) is 0 Å². The van der Waals surface area contributed by atoms with E-state index in [9.17, 15) is 9.90 Å². The molecule has 2 nitrogen and oxygen atoms in total. The molecule has 0 saturated carbocycles. The summed E-state index contributed by atoms with van der Waals surface area (Å²) in [5, 5.41) is 9.97. The van der Waals surface area contributed by atoms with Gasteiger partial charge in [-0.05, 0) is 30.0 Å². The molecule has 0 aliphatic heterocycles. The summed E-state index contributed by atoms with van der Waals surface area (Å²) in [5.41, 5.74) is 3.04. The van der Waals surface area contributed by atoms with Crippen LogP contribution in [0.5, 0.6) is 5.75 Å². The van der Waals surface area contributed by atoms with E-state index in [2.05, 4.69) is 20.8 Å². The zero-order chi connectivity index (χ0) is 14.9. The molecule has 2 heteroatoms. The predicted molar refractivity (Wildman–Crippen MR) is 81.4 cm³/mol. The van der Waals surface area contributed by atoms with E-state index < -0.39 is 0 Å². The van der Waals surface area contributed by atoms with Gasteiger partial charge in [0, 0.05) is 5.56 Å². The number of hydrogen-bond acceptors (Lipinski definition) is 2. The summed E-state index contributed by atoms with van der Waals surface area (Å²) >= 11 is 0. The smallest absolute Gasteiger partial charge is 0.196 e. The van der Waals surface area contributed by atoms with Gasteiger partial charge in [0.25, 0.3) is 0 Å². The molecule has 0 heterocycles. The number of hydrogen-bond donors (Lipinski definition) is 1. The highest BCUT2D eigenvalue weighted by Crippen LogP contribution is 2.28. The lowest BCUT2D eigenvalue weighted by Gasteiger charge is -2.20. The van der Waals surface area contributed by atoms with Gasteiger partial charge < -0.3 is 5.11 Å². The van der Waals surface area contributed by atoms with Crippen LogP contribution in [0.15, 0.2) is 42.5 Å². The molecule has 0 saturated heterocycles. The number of ketones is 1. The maximum absolute atomic E-state index is 12.5. The zero-order valence-electron chi connectivity index (χ0n) is 12.4. The molecule has 104 valence electrons. The number of aryl methyl sites for hydroxylation is 1. The molecule has 0 atom stereocenters. The Balaban J connectivity index is 2.46. The second-order valence-corrected chi connectivity index (χ2v) is 6.18. The van der Waals surface area contributed by atoms with Crippen LogP contribution in [0.3, 0.4) is 0 Å². The Morgan fingerprint density at radius 1 is 1.00 bits per heavy atom. The lowest BCUT2D eigenvalue weighted by molar-refractivity contribution is 0.103. The molecular formula is C18H20O2. The number of benzene rings is 2. The number of phenolic OH excluding ortho intramolecular Hbond substituents is 1. The van der Waals surface area contributed by atoms with Crippen molar-refractivity contribution in [1.29, 1.82) is 0 Å². The quantitative estimate of drug-likeness (QED) is 0.828. The average molecular weight is 268 g/mol. The van der Waals surface area contributed by atoms with E-state index in [1.807, 2.05) is 25.1 Å². The fourth-order valence-electron chi connectivity index (χ4n) is 2.04. The first-order valence-electron chi connectivity index (χ1n) is 6.74. The highest BCUT2D eigenvalue weighted by molar-refractivity contribution is 6.10. The number of carbonyl (C=O) groups is 1. The van der Waals surface area contributed by atoms with Crippen molar-refractivity contribution in [2.75, 3.05) is 0 Å². The van der Waals surface area contributed by atoms with E-state index >= 15 is 0 Å². The van der Waals surface area contributed by atoms with Crippen LogP contribution in [0.25, 0.3) is 0 Å². The molecule has 0 aliphatic rings. The van der Waals surface area contributed by atoms with Crippen molar-refractivity contribution in [3.05, 3.63) is 64.7 Å². The molecule has 0 fully saturated rings. The van der Waals surface area contributed by atoms with Crippen LogP contribution < -0.4 is 0 Å². The third-order valence-electron chi connectivity index (χ3n) is 3.42. The van der Waals surface area contributed by atoms with Crippen molar-refractivity contribution < 1.29 is 9.90 Å². The average Bonchev–Trinajstić information content (AvgIpc) is 2.38. The first-order valence-corrected chi connectivity index (χ1v) is 6.74. The van der Waals surface area contributed by atoms with E-state index in [1.54, 1.807) is 24.3 Å². The molecule has 0 aliphatic carbocycles. The fourth-order valence-corrected chi connectivity index (χ4v) is 2.04. The predicted octanol–water partition coefficient (Wildman–Crippen LogP) is 4.23. The topological polar surface area (TPSA) is 37.3 Å². The van der Waals surface area contributed by atoms with Gasteiger partial charge in [-0.1, -0.05) is 56.7 Å². The van der Waals surface area contributed by atoms with Gasteiger partial charge in [0.1, 0.15) is 5.75 Å². The minimum absolute atomic E-state index is 0.0311. The summed E-state index contributed by atoms with van der Waals surface area (Å²) in [7, 11) is 0. The lowest BCUT2D eigenvalue weighted by atomic mass is 9.85. The van der Waals surface area contributed by atoms with Crippen LogP contribution in [-0.4, -0.2) is 10.9 Å². The van der Waals surface area contributed by atoms with Crippen LogP contribution in [0.2, 0.25) is 0 Å². The largest absolute Gasteiger partial charge is 0.507 e. The minimum Gasteiger partial charge on any atom is -0.507 e. The van der Waals surface area contributed by atoms with Crippen molar-refractivity contribution in [3.63, 3.8) is 0 Å². The van der Waals surface area contributed by atoms with E-state index in [0.29, 0.717) is 11.1 Å². The van der Waals surface area contributed by atoms with Gasteiger partial charge in [-0.15, -0.1) is 0 Å². The van der Waals surface area contributed by atoms with Crippen LogP contribution in [0.4, 0.5) is 0 Å². The molecule has 1 N–H and O–H groups in total. The summed E-state index contributed by atoms with van der Waals surface area (Å²) in [6.07, 6.45) is 0. The normalized spacial score (nSPS) is 11.4. The molecular weight excluding hydrogens is 248 g/mol. The molecule has 0 spiro atoms. The molecule has 0 bridgehead atoms. The number of phenols is 1. The number of carbonyl (C=O) groups excluding carboxylic acids is 1. The third-order valence-corrected chi connectivity index (χ3v) is 3.42. The fraction of sp³-hybridized carbons (Fsp3) is 0.278. The minimum atomic E-state index is -0.145. The van der Waals surface area contributed by atoms with E-state index in [4.69, 9.17) is 0 Å². The third kappa shape index (κ3) is 2.90. The molecule has 2 aromatic rings. The number of rotatable bonds is 2. The van der Waals surface area contributed by atoms with Gasteiger partial charge in [0.15, 0.2) is 5.78 Å². The Hall–Kier alpha value is -2.09. The summed E-state index contributed by atoms with van der Waals surface area (Å²) < 4.78 is 0. The molecule has 2 aromatic carbocycles. The monoisotopic (exact) mass is 268 g/mol. The number of aromatic hydroxyl groups is 1. The van der Waals surface area contributed by atoms with E-state index in [-0.39, 0.29) is 16.9 Å². The molecule has 0 unspecified atom stereocenters. The Bertz CT molecular complexity index is 631. The molecule has 0 radical (unpaired) electrons. The van der Waals surface area contributed by atoms with Gasteiger partial charge in [-0.3, -0.25) is 4.79 Å². The summed E-state index contributed by atoms with van der Waals surface area (Å²) in [4.78, 5) is 12.5. The van der Waals surface area contributed by atoms with Crippen LogP contribution in [0.1, 0.15) is 47.8 Å². The Morgan fingerprint density at radius 2 is 1.60 bits per heavy atom. The molecule has 20 heavy (non-hydrogen) atoms. The second-order valence-electron chi connectivity index (χ2n) is 6.18. The van der Waals surface area contributed by atoms with Crippen LogP contribution in [0, 0.1) is 6.92 Å². The van der Waals surface area contributed by atoms with Crippen molar-refractivity contribution in [3.8, 4) is 5.75 Å². The summed E-state index contributed by atoms with van der Waals surface area (Å²) in [5.74, 6) is -0.114. The van der Waals surface area contributed by atoms with Gasteiger partial charge in [0.2, 0.25) is 0 Å². The summed E-state index contributed by atoms with van der Waals surface area (Å²) in [6.45, 7) is 8.23. The standard InChI is InChI=1S/C18H20O2/c1-12-5-7-13(8-6-12)17(20)15-11-14(18(2,3)4)9-10-16(15)19/h5-11,19H,1-4H3. The van der Waals surface area contributed by atoms with Gasteiger partial charge >= 0.3 is 0 Å². The van der Waals surface area contributed by atoms with E-state index in [0.717, 1.165) is 11.1 Å². The van der Waals surface area contributed by atoms with Crippen molar-refractivity contribution in [2.45, 2.75) is 33.1 Å². The van der Waals surface area contributed by atoms with Crippen LogP contribution >= 0.6 is 0 Å². The van der Waals surface area contributed by atoms with Gasteiger partial charge in [-0.2, -0.15) is 0 Å². The SMILES string of the molecule is Cc1ccc(C(=O)c2cc(C(C)(C)C)ccc2O)cc1. The highest BCUT2D eigenvalue weighted by Gasteiger charge is 2.19. The van der Waals surface area contributed by atoms with E-state index in [1.165, 1.54) is 0 Å². The maximum Gasteiger partial charge on any atom is 0.196 e. The first kappa shape index (κ1) is 14.3. The van der Waals surface area contributed by atoms with Crippen LogP contribution in [-0.2, 0) is 5.41 Å². The lowest BCUT2D eigenvalue weighted by Crippen LogP contribution is -2.12. The van der Waals surface area contributed by atoms with Crippen molar-refractivity contribution >= 4 is 5.78 Å². The van der Waals surface area contributed by atoms with Crippen molar-refractivity contribution in [1.82, 2.24) is 0 Å². The first-order chi connectivity index (χ1) is 9.29. The molecule has 0 aromatic heterocycles. The zero-order valence-corrected chi connectivity index (χ0v) is 12.4. The second kappa shape index (κ2) is 5.12. The molecule has 0 amide bonds. The maximum atomic E-state index is 12.5. The Morgan fingerprint density at radius 3 is 2.15 bits per heavy atom.